The van der Waals surface area contributed by atoms with Crippen LogP contribution in [-0.2, 0) is 39.0 Å². The van der Waals surface area contributed by atoms with Crippen molar-refractivity contribution in [1.82, 2.24) is 0 Å². The van der Waals surface area contributed by atoms with Crippen LogP contribution in [0.25, 0.3) is 21.5 Å². The standard InChI is InChI=1S/C22H20.2C6H5FO.Zr/c1-15-17(13-19-7-3-5-9-21(15)19)11-12-18-14-20-8-4-6-10-22(20)16(18)2;2*7-5-1-3-6(8)4-2-5;/h3-10,13-14H,11-12H2,1-2H3;2*1-4,8H;/q-2;;;+2. The van der Waals surface area contributed by atoms with Crippen molar-refractivity contribution < 1.29 is 45.2 Å². The molecule has 0 fully saturated rings. The summed E-state index contributed by atoms with van der Waals surface area (Å²) in [6.45, 7) is 4.51. The molecule has 0 bridgehead atoms. The van der Waals surface area contributed by atoms with Crippen molar-refractivity contribution in [2.75, 3.05) is 0 Å². The maximum Gasteiger partial charge on any atom is 2.00 e. The van der Waals surface area contributed by atoms with E-state index in [0.717, 1.165) is 12.8 Å². The molecule has 6 rings (SSSR count). The quantitative estimate of drug-likeness (QED) is 0.200. The van der Waals surface area contributed by atoms with Gasteiger partial charge in [-0.1, -0.05) is 26.0 Å². The maximum atomic E-state index is 12.0. The number of hydrogen-bond donors (Lipinski definition) is 2. The van der Waals surface area contributed by atoms with E-state index >= 15 is 0 Å². The fraction of sp³-hybridized carbons (Fsp3) is 0.118. The molecule has 0 spiro atoms. The van der Waals surface area contributed by atoms with Crippen LogP contribution in [0, 0.1) is 25.5 Å². The summed E-state index contributed by atoms with van der Waals surface area (Å²) in [4.78, 5) is 0. The molecule has 0 aliphatic carbocycles. The van der Waals surface area contributed by atoms with E-state index < -0.39 is 0 Å². The minimum absolute atomic E-state index is 0. The summed E-state index contributed by atoms with van der Waals surface area (Å²) in [6.07, 6.45) is 2.25. The Morgan fingerprint density at radius 3 is 1.18 bits per heavy atom. The Morgan fingerprint density at radius 1 is 0.538 bits per heavy atom. The van der Waals surface area contributed by atoms with Crippen LogP contribution in [0.5, 0.6) is 11.5 Å². The molecule has 2 N–H and O–H groups in total. The van der Waals surface area contributed by atoms with E-state index in [0.29, 0.717) is 0 Å². The summed E-state index contributed by atoms with van der Waals surface area (Å²) in [5, 5.41) is 22.7. The number of halogens is 2. The van der Waals surface area contributed by atoms with Crippen molar-refractivity contribution in [2.45, 2.75) is 26.7 Å². The molecule has 0 saturated carbocycles. The zero-order valence-electron chi connectivity index (χ0n) is 22.0. The Bertz CT molecular complexity index is 1450. The first kappa shape index (κ1) is 30.0. The second kappa shape index (κ2) is 14.0. The van der Waals surface area contributed by atoms with Crippen molar-refractivity contribution in [2.24, 2.45) is 0 Å². The summed E-state index contributed by atoms with van der Waals surface area (Å²) in [5.41, 5.74) is 5.88. The molecule has 39 heavy (non-hydrogen) atoms. The Balaban J connectivity index is 0.000000204. The molecule has 0 unspecified atom stereocenters. The third-order valence-electron chi connectivity index (χ3n) is 6.67. The smallest absolute Gasteiger partial charge is 0.508 e. The van der Waals surface area contributed by atoms with Gasteiger partial charge in [-0.2, -0.15) is 11.1 Å². The van der Waals surface area contributed by atoms with Gasteiger partial charge in [-0.25, -0.2) is 8.78 Å². The Labute approximate surface area is 247 Å². The van der Waals surface area contributed by atoms with E-state index in [-0.39, 0.29) is 49.3 Å². The average molecular weight is 600 g/mol. The molecule has 5 heteroatoms. The minimum atomic E-state index is -0.331. The number of rotatable bonds is 3. The molecule has 2 nitrogen and oxygen atoms in total. The molecule has 6 aromatic rings. The molecule has 0 radical (unpaired) electrons. The van der Waals surface area contributed by atoms with Gasteiger partial charge >= 0.3 is 26.2 Å². The van der Waals surface area contributed by atoms with Crippen LogP contribution in [0.15, 0.2) is 109 Å². The van der Waals surface area contributed by atoms with Crippen LogP contribution >= 0.6 is 0 Å². The predicted molar refractivity (Wildman–Crippen MR) is 152 cm³/mol. The topological polar surface area (TPSA) is 40.5 Å². The normalized spacial score (nSPS) is 10.3. The summed E-state index contributed by atoms with van der Waals surface area (Å²) in [6, 6.07) is 32.2. The number of phenols is 2. The number of hydrogen-bond acceptors (Lipinski definition) is 2. The van der Waals surface area contributed by atoms with Crippen molar-refractivity contribution in [3.63, 3.8) is 0 Å². The van der Waals surface area contributed by atoms with Gasteiger partial charge in [0.1, 0.15) is 23.1 Å². The molecule has 0 amide bonds. The molecular formula is C34H30F2O2Zr. The van der Waals surface area contributed by atoms with Gasteiger partial charge in [0.15, 0.2) is 0 Å². The third kappa shape index (κ3) is 7.97. The van der Waals surface area contributed by atoms with Gasteiger partial charge in [0.05, 0.1) is 0 Å². The van der Waals surface area contributed by atoms with E-state index in [1.807, 2.05) is 0 Å². The van der Waals surface area contributed by atoms with Crippen molar-refractivity contribution in [1.29, 1.82) is 0 Å². The van der Waals surface area contributed by atoms with E-state index in [9.17, 15) is 8.78 Å². The molecule has 0 saturated heterocycles. The van der Waals surface area contributed by atoms with Crippen LogP contribution < -0.4 is 0 Å². The first-order valence-electron chi connectivity index (χ1n) is 12.5. The van der Waals surface area contributed by atoms with E-state index in [2.05, 4.69) is 74.5 Å². The van der Waals surface area contributed by atoms with Crippen LogP contribution in [0.4, 0.5) is 8.78 Å². The van der Waals surface area contributed by atoms with Gasteiger partial charge in [0, 0.05) is 0 Å². The van der Waals surface area contributed by atoms with Crippen LogP contribution in [0.1, 0.15) is 22.3 Å². The molecule has 0 aliphatic rings. The number of fused-ring (bicyclic) bond motifs is 2. The average Bonchev–Trinajstić information content (AvgIpc) is 3.43. The molecule has 6 aromatic carbocycles. The number of benzene rings is 4. The number of phenolic OH excluding ortho intramolecular Hbond substituents is 2. The second-order valence-electron chi connectivity index (χ2n) is 9.22. The van der Waals surface area contributed by atoms with Crippen molar-refractivity contribution >= 4 is 21.5 Å². The van der Waals surface area contributed by atoms with Gasteiger partial charge in [0.25, 0.3) is 0 Å². The predicted octanol–water partition coefficient (Wildman–Crippen LogP) is 8.89. The van der Waals surface area contributed by atoms with Gasteiger partial charge in [0.2, 0.25) is 0 Å². The number of aryl methyl sites for hydroxylation is 4. The van der Waals surface area contributed by atoms with Crippen LogP contribution in [0.3, 0.4) is 0 Å². The molecular weight excluding hydrogens is 570 g/mol. The summed E-state index contributed by atoms with van der Waals surface area (Å²) in [5.74, 6) is -0.483. The SMILES string of the molecule is Cc1c(CCc2[cH-]c3ccccc3c2C)[cH-]c2ccccc12.Oc1ccc(F)cc1.Oc1ccc(F)cc1.[Zr+2]. The fourth-order valence-electron chi connectivity index (χ4n) is 4.54. The third-order valence-corrected chi connectivity index (χ3v) is 6.67. The number of aromatic hydroxyl groups is 2. The zero-order valence-corrected chi connectivity index (χ0v) is 24.4. The zero-order chi connectivity index (χ0) is 27.1. The summed E-state index contributed by atoms with van der Waals surface area (Å²) in [7, 11) is 0. The van der Waals surface area contributed by atoms with Gasteiger partial charge in [-0.05, 0) is 61.4 Å². The largest absolute Gasteiger partial charge is 2.00 e. The molecule has 0 heterocycles. The summed E-state index contributed by atoms with van der Waals surface area (Å²) < 4.78 is 24.0. The maximum absolute atomic E-state index is 12.0. The molecule has 0 aromatic heterocycles. The fourth-order valence-corrected chi connectivity index (χ4v) is 4.54. The summed E-state index contributed by atoms with van der Waals surface area (Å²) >= 11 is 0. The second-order valence-corrected chi connectivity index (χ2v) is 9.22. The monoisotopic (exact) mass is 598 g/mol. The Morgan fingerprint density at radius 2 is 0.872 bits per heavy atom. The minimum Gasteiger partial charge on any atom is -0.508 e. The molecule has 0 aliphatic heterocycles. The van der Waals surface area contributed by atoms with E-state index in [4.69, 9.17) is 10.2 Å². The molecule has 0 atom stereocenters. The Hall–Kier alpha value is -3.56. The first-order valence-corrected chi connectivity index (χ1v) is 12.5. The van der Waals surface area contributed by atoms with E-state index in [1.165, 1.54) is 92.3 Å². The van der Waals surface area contributed by atoms with E-state index in [1.54, 1.807) is 0 Å². The van der Waals surface area contributed by atoms with Crippen molar-refractivity contribution in [3.05, 3.63) is 143 Å². The van der Waals surface area contributed by atoms with Gasteiger partial charge < -0.3 is 10.2 Å². The molecule has 196 valence electrons. The van der Waals surface area contributed by atoms with Crippen LogP contribution in [-0.4, -0.2) is 10.2 Å². The first-order chi connectivity index (χ1) is 18.3. The van der Waals surface area contributed by atoms with Crippen LogP contribution in [0.2, 0.25) is 0 Å². The van der Waals surface area contributed by atoms with Gasteiger partial charge in [-0.15, -0.1) is 81.2 Å². The van der Waals surface area contributed by atoms with Gasteiger partial charge in [-0.3, -0.25) is 0 Å². The Kier molecular flexibility index (Phi) is 10.8. The van der Waals surface area contributed by atoms with Crippen molar-refractivity contribution in [3.8, 4) is 11.5 Å².